The Kier molecular flexibility index (Phi) is 7.85. The summed E-state index contributed by atoms with van der Waals surface area (Å²) in [6.07, 6.45) is 6.69. The quantitative estimate of drug-likeness (QED) is 0.399. The molecular formula is C20H35N7O2. The Morgan fingerprint density at radius 1 is 1.24 bits per heavy atom. The van der Waals surface area contributed by atoms with E-state index < -0.39 is 0 Å². The van der Waals surface area contributed by atoms with Crippen LogP contribution in [0.25, 0.3) is 0 Å². The third kappa shape index (κ3) is 5.91. The van der Waals surface area contributed by atoms with Gasteiger partial charge in [-0.25, -0.2) is 4.99 Å². The topological polar surface area (TPSA) is 96.7 Å². The molecule has 162 valence electrons. The van der Waals surface area contributed by atoms with Crippen LogP contribution in [0, 0.1) is 12.8 Å². The van der Waals surface area contributed by atoms with Crippen molar-refractivity contribution in [1.82, 2.24) is 30.3 Å². The highest BCUT2D eigenvalue weighted by atomic mass is 16.5. The number of carbonyl (C=O) groups is 1. The van der Waals surface area contributed by atoms with Gasteiger partial charge < -0.3 is 24.8 Å². The zero-order valence-corrected chi connectivity index (χ0v) is 18.0. The van der Waals surface area contributed by atoms with Gasteiger partial charge in [0.15, 0.2) is 11.8 Å². The van der Waals surface area contributed by atoms with E-state index in [1.54, 1.807) is 7.11 Å². The molecule has 1 aromatic rings. The smallest absolute Gasteiger partial charge is 0.225 e. The van der Waals surface area contributed by atoms with E-state index in [0.717, 1.165) is 50.0 Å². The van der Waals surface area contributed by atoms with Crippen LogP contribution < -0.4 is 10.6 Å². The van der Waals surface area contributed by atoms with E-state index in [-0.39, 0.29) is 12.0 Å². The summed E-state index contributed by atoms with van der Waals surface area (Å²) in [5.74, 6) is 2.98. The minimum Gasteiger partial charge on any atom is -0.383 e. The maximum absolute atomic E-state index is 12.8. The van der Waals surface area contributed by atoms with E-state index in [0.29, 0.717) is 25.6 Å². The van der Waals surface area contributed by atoms with E-state index in [4.69, 9.17) is 4.74 Å². The van der Waals surface area contributed by atoms with Gasteiger partial charge in [-0.3, -0.25) is 4.79 Å². The van der Waals surface area contributed by atoms with Crippen LogP contribution in [0.5, 0.6) is 0 Å². The van der Waals surface area contributed by atoms with Crippen molar-refractivity contribution in [2.75, 3.05) is 33.4 Å². The minimum atomic E-state index is 0.206. The second-order valence-corrected chi connectivity index (χ2v) is 8.06. The van der Waals surface area contributed by atoms with Gasteiger partial charge in [0.1, 0.15) is 12.4 Å². The number of aryl methyl sites for hydroxylation is 1. The monoisotopic (exact) mass is 405 g/mol. The number of ether oxygens (including phenoxy) is 1. The maximum Gasteiger partial charge on any atom is 0.225 e. The number of nitrogens with zero attached hydrogens (tertiary/aromatic N) is 5. The van der Waals surface area contributed by atoms with Crippen molar-refractivity contribution < 1.29 is 9.53 Å². The highest BCUT2D eigenvalue weighted by Crippen LogP contribution is 2.26. The Hall–Kier alpha value is -2.16. The van der Waals surface area contributed by atoms with Gasteiger partial charge >= 0.3 is 0 Å². The molecule has 1 saturated carbocycles. The zero-order chi connectivity index (χ0) is 20.6. The van der Waals surface area contributed by atoms with Crippen molar-refractivity contribution >= 4 is 11.9 Å². The molecule has 0 bridgehead atoms. The first kappa shape index (κ1) is 21.5. The number of methoxy groups -OCH3 is 1. The van der Waals surface area contributed by atoms with Crippen molar-refractivity contribution in [3.05, 3.63) is 11.6 Å². The fraction of sp³-hybridized carbons (Fsp3) is 0.800. The molecular weight excluding hydrogens is 370 g/mol. The van der Waals surface area contributed by atoms with Crippen LogP contribution in [0.2, 0.25) is 0 Å². The number of hydrogen-bond donors (Lipinski definition) is 2. The van der Waals surface area contributed by atoms with Gasteiger partial charge in [-0.05, 0) is 26.2 Å². The molecule has 2 N–H and O–H groups in total. The first-order valence-corrected chi connectivity index (χ1v) is 10.8. The van der Waals surface area contributed by atoms with Gasteiger partial charge in [-0.15, -0.1) is 10.2 Å². The van der Waals surface area contributed by atoms with E-state index in [2.05, 4.69) is 25.8 Å². The van der Waals surface area contributed by atoms with E-state index in [1.165, 1.54) is 19.3 Å². The second-order valence-electron chi connectivity index (χ2n) is 8.06. The molecule has 9 nitrogen and oxygen atoms in total. The van der Waals surface area contributed by atoms with Gasteiger partial charge in [0.2, 0.25) is 5.91 Å². The lowest BCUT2D eigenvalue weighted by atomic mass is 9.88. The Balaban J connectivity index is 1.56. The van der Waals surface area contributed by atoms with Crippen molar-refractivity contribution in [3.63, 3.8) is 0 Å². The van der Waals surface area contributed by atoms with E-state index in [1.807, 2.05) is 23.4 Å². The Morgan fingerprint density at radius 2 is 2.03 bits per heavy atom. The highest BCUT2D eigenvalue weighted by molar-refractivity contribution is 5.81. The van der Waals surface area contributed by atoms with Crippen molar-refractivity contribution in [2.24, 2.45) is 18.0 Å². The molecule has 0 aromatic carbocycles. The Labute approximate surface area is 173 Å². The summed E-state index contributed by atoms with van der Waals surface area (Å²) in [7, 11) is 3.62. The number of aromatic nitrogens is 3. The predicted molar refractivity (Wildman–Crippen MR) is 111 cm³/mol. The molecule has 2 aliphatic rings. The number of aliphatic imine (C=N–C) groups is 1. The molecule has 3 rings (SSSR count). The number of likely N-dealkylation sites (tertiary alicyclic amines) is 1. The largest absolute Gasteiger partial charge is 0.383 e. The molecule has 1 unspecified atom stereocenters. The third-order valence-electron chi connectivity index (χ3n) is 5.96. The number of nitrogens with one attached hydrogen (secondary N) is 2. The van der Waals surface area contributed by atoms with Crippen molar-refractivity contribution in [2.45, 2.75) is 58.0 Å². The molecule has 1 saturated heterocycles. The zero-order valence-electron chi connectivity index (χ0n) is 18.0. The Bertz CT molecular complexity index is 697. The van der Waals surface area contributed by atoms with Crippen LogP contribution in [-0.2, 0) is 23.1 Å². The average Bonchev–Trinajstić information content (AvgIpc) is 3.33. The summed E-state index contributed by atoms with van der Waals surface area (Å²) in [6.45, 7) is 5.19. The number of hydrogen-bond acceptors (Lipinski definition) is 5. The van der Waals surface area contributed by atoms with Crippen LogP contribution in [0.1, 0.15) is 50.2 Å². The van der Waals surface area contributed by atoms with Gasteiger partial charge in [-0.1, -0.05) is 19.3 Å². The number of amides is 1. The number of guanidine groups is 1. The van der Waals surface area contributed by atoms with Gasteiger partial charge in [0.05, 0.1) is 6.61 Å². The standard InChI is InChI=1S/C20H35N7O2/c1-15-24-25-18(26(15)2)13-22-20(21-10-12-29-3)23-17-9-11-27(14-17)19(28)16-7-5-4-6-8-16/h16-17H,4-14H2,1-3H3,(H2,21,22,23). The molecule has 1 aromatic heterocycles. The molecule has 2 heterocycles. The molecule has 0 spiro atoms. The van der Waals surface area contributed by atoms with Gasteiger partial charge in [-0.2, -0.15) is 0 Å². The van der Waals surface area contributed by atoms with Crippen LogP contribution in [0.4, 0.5) is 0 Å². The molecule has 1 atom stereocenters. The summed E-state index contributed by atoms with van der Waals surface area (Å²) in [5, 5.41) is 15.1. The van der Waals surface area contributed by atoms with Crippen molar-refractivity contribution in [1.29, 1.82) is 0 Å². The summed E-state index contributed by atoms with van der Waals surface area (Å²) in [6, 6.07) is 0.206. The van der Waals surface area contributed by atoms with E-state index in [9.17, 15) is 4.79 Å². The first-order chi connectivity index (χ1) is 14.1. The van der Waals surface area contributed by atoms with Crippen LogP contribution in [0.3, 0.4) is 0 Å². The summed E-state index contributed by atoms with van der Waals surface area (Å²) in [5.41, 5.74) is 0. The minimum absolute atomic E-state index is 0.206. The van der Waals surface area contributed by atoms with Crippen LogP contribution in [-0.4, -0.2) is 70.9 Å². The first-order valence-electron chi connectivity index (χ1n) is 10.8. The van der Waals surface area contributed by atoms with Crippen LogP contribution >= 0.6 is 0 Å². The summed E-state index contributed by atoms with van der Waals surface area (Å²) < 4.78 is 7.08. The Morgan fingerprint density at radius 3 is 2.72 bits per heavy atom. The van der Waals surface area contributed by atoms with Gasteiger partial charge in [0, 0.05) is 45.8 Å². The molecule has 0 radical (unpaired) electrons. The molecule has 1 aliphatic heterocycles. The summed E-state index contributed by atoms with van der Waals surface area (Å²) in [4.78, 5) is 19.5. The lowest BCUT2D eigenvalue weighted by Gasteiger charge is -2.26. The lowest BCUT2D eigenvalue weighted by molar-refractivity contribution is -0.135. The SMILES string of the molecule is COCCNC(=NCc1nnc(C)n1C)NC1CCN(C(=O)C2CCCCC2)C1. The molecule has 9 heteroatoms. The summed E-state index contributed by atoms with van der Waals surface area (Å²) >= 11 is 0. The predicted octanol–water partition coefficient (Wildman–Crippen LogP) is 0.986. The molecule has 29 heavy (non-hydrogen) atoms. The number of carbonyl (C=O) groups excluding carboxylic acids is 1. The fourth-order valence-corrected chi connectivity index (χ4v) is 4.04. The normalized spacial score (nSPS) is 20.9. The second kappa shape index (κ2) is 10.6. The molecule has 1 amide bonds. The maximum atomic E-state index is 12.8. The molecule has 1 aliphatic carbocycles. The third-order valence-corrected chi connectivity index (χ3v) is 5.96. The van der Waals surface area contributed by atoms with Gasteiger partial charge in [0.25, 0.3) is 0 Å². The number of rotatable bonds is 7. The lowest BCUT2D eigenvalue weighted by Crippen LogP contribution is -2.46. The average molecular weight is 406 g/mol. The molecule has 2 fully saturated rings. The van der Waals surface area contributed by atoms with Crippen molar-refractivity contribution in [3.8, 4) is 0 Å². The van der Waals surface area contributed by atoms with E-state index >= 15 is 0 Å². The fourth-order valence-electron chi connectivity index (χ4n) is 4.04. The van der Waals surface area contributed by atoms with Crippen LogP contribution in [0.15, 0.2) is 4.99 Å². The highest BCUT2D eigenvalue weighted by Gasteiger charge is 2.31.